The van der Waals surface area contributed by atoms with Crippen LogP contribution in [0.4, 0.5) is 0 Å². The van der Waals surface area contributed by atoms with Crippen LogP contribution < -0.4 is 4.74 Å². The highest BCUT2D eigenvalue weighted by molar-refractivity contribution is 5.95. The van der Waals surface area contributed by atoms with Gasteiger partial charge in [-0.15, -0.1) is 0 Å². The van der Waals surface area contributed by atoms with E-state index < -0.39 is 0 Å². The number of amides is 1. The molecule has 0 spiro atoms. The zero-order chi connectivity index (χ0) is 18.8. The maximum absolute atomic E-state index is 12.7. The number of aromatic nitrogens is 2. The number of methoxy groups -OCH3 is 1. The number of hydrogen-bond acceptors (Lipinski definition) is 4. The average molecular weight is 364 g/mol. The first-order valence-corrected chi connectivity index (χ1v) is 9.24. The summed E-state index contributed by atoms with van der Waals surface area (Å²) >= 11 is 0. The van der Waals surface area contributed by atoms with E-state index in [1.165, 1.54) is 0 Å². The number of benzene rings is 2. The van der Waals surface area contributed by atoms with Crippen molar-refractivity contribution < 1.29 is 9.53 Å². The summed E-state index contributed by atoms with van der Waals surface area (Å²) < 4.78 is 5.26. The molecule has 6 heteroatoms. The number of rotatable bonds is 4. The van der Waals surface area contributed by atoms with Crippen molar-refractivity contribution >= 4 is 16.9 Å². The number of hydrogen-bond donors (Lipinski definition) is 1. The molecule has 0 radical (unpaired) electrons. The topological polar surface area (TPSA) is 61.5 Å². The molecule has 1 amide bonds. The van der Waals surface area contributed by atoms with Gasteiger partial charge in [-0.05, 0) is 30.7 Å². The highest BCUT2D eigenvalue weighted by Crippen LogP contribution is 2.20. The van der Waals surface area contributed by atoms with E-state index in [9.17, 15) is 4.79 Å². The van der Waals surface area contributed by atoms with Gasteiger partial charge in [0.15, 0.2) is 0 Å². The number of H-pyrrole nitrogens is 1. The lowest BCUT2D eigenvalue weighted by Gasteiger charge is -2.34. The molecule has 6 nitrogen and oxygen atoms in total. The summed E-state index contributed by atoms with van der Waals surface area (Å²) in [6.07, 6.45) is 0. The van der Waals surface area contributed by atoms with E-state index in [1.807, 2.05) is 54.3 Å². The predicted octanol–water partition coefficient (Wildman–Crippen LogP) is 2.84. The maximum Gasteiger partial charge on any atom is 0.254 e. The smallest absolute Gasteiger partial charge is 0.254 e. The Morgan fingerprint density at radius 1 is 1.15 bits per heavy atom. The quantitative estimate of drug-likeness (QED) is 0.773. The first kappa shape index (κ1) is 17.5. The number of carbonyl (C=O) groups excluding carboxylic acids is 1. The van der Waals surface area contributed by atoms with Gasteiger partial charge in [0, 0.05) is 37.8 Å². The van der Waals surface area contributed by atoms with Crippen LogP contribution in [0.2, 0.25) is 0 Å². The second-order valence-corrected chi connectivity index (χ2v) is 6.95. The van der Waals surface area contributed by atoms with Gasteiger partial charge < -0.3 is 14.6 Å². The van der Waals surface area contributed by atoms with Crippen molar-refractivity contribution in [2.45, 2.75) is 13.5 Å². The molecular weight excluding hydrogens is 340 g/mol. The molecule has 2 heterocycles. The molecule has 140 valence electrons. The summed E-state index contributed by atoms with van der Waals surface area (Å²) in [6.45, 7) is 5.90. The summed E-state index contributed by atoms with van der Waals surface area (Å²) in [5.74, 6) is 1.89. The van der Waals surface area contributed by atoms with Gasteiger partial charge in [-0.25, -0.2) is 4.98 Å². The maximum atomic E-state index is 12.7. The van der Waals surface area contributed by atoms with Gasteiger partial charge in [-0.1, -0.05) is 18.2 Å². The Morgan fingerprint density at radius 2 is 1.93 bits per heavy atom. The van der Waals surface area contributed by atoms with Gasteiger partial charge in [0.2, 0.25) is 0 Å². The first-order chi connectivity index (χ1) is 13.1. The molecule has 0 saturated carbocycles. The standard InChI is InChI=1S/C21H24N4O2/c1-15-5-3-4-6-17(15)21(26)25-11-9-24(10-12-25)14-20-22-18-8-7-16(27-2)13-19(18)23-20/h3-8,13H,9-12,14H2,1-2H3,(H,22,23). The van der Waals surface area contributed by atoms with E-state index in [4.69, 9.17) is 4.74 Å². The van der Waals surface area contributed by atoms with Crippen molar-refractivity contribution in [2.24, 2.45) is 0 Å². The molecule has 0 atom stereocenters. The molecule has 0 unspecified atom stereocenters. The summed E-state index contributed by atoms with van der Waals surface area (Å²) in [5, 5.41) is 0. The Balaban J connectivity index is 1.38. The summed E-state index contributed by atoms with van der Waals surface area (Å²) in [7, 11) is 1.66. The molecule has 1 aromatic heterocycles. The normalized spacial score (nSPS) is 15.3. The van der Waals surface area contributed by atoms with E-state index in [-0.39, 0.29) is 5.91 Å². The number of carbonyl (C=O) groups is 1. The van der Waals surface area contributed by atoms with Crippen molar-refractivity contribution in [1.29, 1.82) is 0 Å². The molecule has 1 aliphatic rings. The summed E-state index contributed by atoms with van der Waals surface area (Å²) in [6, 6.07) is 13.6. The number of ether oxygens (including phenoxy) is 1. The van der Waals surface area contributed by atoms with E-state index in [2.05, 4.69) is 14.9 Å². The van der Waals surface area contributed by atoms with Crippen LogP contribution in [0, 0.1) is 6.92 Å². The van der Waals surface area contributed by atoms with Crippen LogP contribution in [0.1, 0.15) is 21.7 Å². The van der Waals surface area contributed by atoms with Crippen molar-refractivity contribution in [3.05, 3.63) is 59.4 Å². The lowest BCUT2D eigenvalue weighted by atomic mass is 10.1. The van der Waals surface area contributed by atoms with Gasteiger partial charge in [0.25, 0.3) is 5.91 Å². The Hall–Kier alpha value is -2.86. The van der Waals surface area contributed by atoms with E-state index in [0.717, 1.165) is 66.5 Å². The van der Waals surface area contributed by atoms with E-state index in [0.29, 0.717) is 0 Å². The molecule has 1 aliphatic heterocycles. The number of fused-ring (bicyclic) bond motifs is 1. The zero-order valence-electron chi connectivity index (χ0n) is 15.7. The third kappa shape index (κ3) is 3.66. The summed E-state index contributed by atoms with van der Waals surface area (Å²) in [5.41, 5.74) is 3.76. The molecule has 1 N–H and O–H groups in total. The van der Waals surface area contributed by atoms with Crippen LogP contribution in [0.3, 0.4) is 0 Å². The lowest BCUT2D eigenvalue weighted by Crippen LogP contribution is -2.48. The highest BCUT2D eigenvalue weighted by Gasteiger charge is 2.23. The summed E-state index contributed by atoms with van der Waals surface area (Å²) in [4.78, 5) is 25.1. The van der Waals surface area contributed by atoms with Crippen molar-refractivity contribution in [3.8, 4) is 5.75 Å². The number of aryl methyl sites for hydroxylation is 1. The monoisotopic (exact) mass is 364 g/mol. The Bertz CT molecular complexity index is 958. The molecule has 1 fully saturated rings. The van der Waals surface area contributed by atoms with Gasteiger partial charge >= 0.3 is 0 Å². The Labute approximate surface area is 158 Å². The molecule has 0 bridgehead atoms. The van der Waals surface area contributed by atoms with Crippen LogP contribution >= 0.6 is 0 Å². The van der Waals surface area contributed by atoms with Gasteiger partial charge in [0.05, 0.1) is 24.7 Å². The number of nitrogens with one attached hydrogen (secondary N) is 1. The molecule has 4 rings (SSSR count). The van der Waals surface area contributed by atoms with Crippen molar-refractivity contribution in [3.63, 3.8) is 0 Å². The third-order valence-corrected chi connectivity index (χ3v) is 5.15. The molecule has 0 aliphatic carbocycles. The largest absolute Gasteiger partial charge is 0.497 e. The number of imidazole rings is 1. The van der Waals surface area contributed by atoms with E-state index >= 15 is 0 Å². The predicted molar refractivity (Wildman–Crippen MR) is 105 cm³/mol. The molecule has 2 aromatic carbocycles. The minimum atomic E-state index is 0.128. The van der Waals surface area contributed by atoms with Crippen LogP contribution in [-0.2, 0) is 6.54 Å². The second-order valence-electron chi connectivity index (χ2n) is 6.95. The molecule has 27 heavy (non-hydrogen) atoms. The second kappa shape index (κ2) is 7.40. The highest BCUT2D eigenvalue weighted by atomic mass is 16.5. The fraction of sp³-hybridized carbons (Fsp3) is 0.333. The van der Waals surface area contributed by atoms with Crippen LogP contribution in [0.15, 0.2) is 42.5 Å². The molecule has 3 aromatic rings. The van der Waals surface area contributed by atoms with Crippen molar-refractivity contribution in [1.82, 2.24) is 19.8 Å². The minimum Gasteiger partial charge on any atom is -0.497 e. The third-order valence-electron chi connectivity index (χ3n) is 5.15. The zero-order valence-corrected chi connectivity index (χ0v) is 15.7. The average Bonchev–Trinajstić information content (AvgIpc) is 3.09. The minimum absolute atomic E-state index is 0.128. The molecule has 1 saturated heterocycles. The fourth-order valence-corrected chi connectivity index (χ4v) is 3.55. The lowest BCUT2D eigenvalue weighted by molar-refractivity contribution is 0.0625. The Morgan fingerprint density at radius 3 is 2.67 bits per heavy atom. The van der Waals surface area contributed by atoms with Crippen LogP contribution in [-0.4, -0.2) is 59.0 Å². The number of piperazine rings is 1. The van der Waals surface area contributed by atoms with Crippen molar-refractivity contribution in [2.75, 3.05) is 33.3 Å². The fourth-order valence-electron chi connectivity index (χ4n) is 3.55. The molecular formula is C21H24N4O2. The van der Waals surface area contributed by atoms with Gasteiger partial charge in [0.1, 0.15) is 11.6 Å². The van der Waals surface area contributed by atoms with Crippen LogP contribution in [0.5, 0.6) is 5.75 Å². The SMILES string of the molecule is COc1ccc2nc(CN3CCN(C(=O)c4ccccc4C)CC3)[nH]c2c1. The first-order valence-electron chi connectivity index (χ1n) is 9.24. The van der Waals surface area contributed by atoms with E-state index in [1.54, 1.807) is 7.11 Å². The van der Waals surface area contributed by atoms with Gasteiger partial charge in [-0.2, -0.15) is 0 Å². The van der Waals surface area contributed by atoms with Gasteiger partial charge in [-0.3, -0.25) is 9.69 Å². The van der Waals surface area contributed by atoms with Crippen LogP contribution in [0.25, 0.3) is 11.0 Å². The number of nitrogens with zero attached hydrogens (tertiary/aromatic N) is 3. The number of aromatic amines is 1. The Kier molecular flexibility index (Phi) is 4.81.